The number of hydrogen-bond acceptors (Lipinski definition) is 4. The van der Waals surface area contributed by atoms with Crippen molar-refractivity contribution in [3.63, 3.8) is 0 Å². The van der Waals surface area contributed by atoms with Gasteiger partial charge < -0.3 is 10.6 Å². The number of carbonyl (C=O) groups excluding carboxylic acids is 2. The molecule has 0 atom stereocenters. The van der Waals surface area contributed by atoms with E-state index in [1.54, 1.807) is 24.3 Å². The molecule has 0 saturated heterocycles. The van der Waals surface area contributed by atoms with E-state index in [1.807, 2.05) is 0 Å². The van der Waals surface area contributed by atoms with Crippen LogP contribution in [0.4, 0.5) is 0 Å². The molecule has 0 unspecified atom stereocenters. The summed E-state index contributed by atoms with van der Waals surface area (Å²) >= 11 is 12.2. The predicted molar refractivity (Wildman–Crippen MR) is 111 cm³/mol. The molecule has 2 aromatic rings. The molecule has 29 heavy (non-hydrogen) atoms. The first-order valence-electron chi connectivity index (χ1n) is 8.82. The molecule has 1 aliphatic rings. The Hall–Kier alpha value is -2.13. The number of hydrogen-bond donors (Lipinski definition) is 3. The van der Waals surface area contributed by atoms with Gasteiger partial charge in [-0.1, -0.05) is 35.3 Å². The lowest BCUT2D eigenvalue weighted by molar-refractivity contribution is 0.0948. The maximum absolute atomic E-state index is 12.6. The van der Waals surface area contributed by atoms with E-state index in [0.717, 1.165) is 12.8 Å². The summed E-state index contributed by atoms with van der Waals surface area (Å²) < 4.78 is 27.5. The van der Waals surface area contributed by atoms with Crippen LogP contribution in [0, 0.1) is 0 Å². The Labute approximate surface area is 178 Å². The molecule has 10 heteroatoms. The van der Waals surface area contributed by atoms with E-state index in [-0.39, 0.29) is 39.0 Å². The van der Waals surface area contributed by atoms with Gasteiger partial charge in [0.15, 0.2) is 0 Å². The fourth-order valence-electron chi connectivity index (χ4n) is 2.64. The van der Waals surface area contributed by atoms with E-state index in [9.17, 15) is 18.0 Å². The highest BCUT2D eigenvalue weighted by molar-refractivity contribution is 7.89. The molecule has 2 amide bonds. The van der Waals surface area contributed by atoms with Gasteiger partial charge in [-0.05, 0) is 42.7 Å². The molecule has 7 nitrogen and oxygen atoms in total. The molecule has 0 radical (unpaired) electrons. The maximum atomic E-state index is 12.6. The smallest absolute Gasteiger partial charge is 0.253 e. The van der Waals surface area contributed by atoms with Gasteiger partial charge in [0, 0.05) is 25.2 Å². The van der Waals surface area contributed by atoms with Crippen molar-refractivity contribution >= 4 is 45.0 Å². The molecule has 0 aromatic heterocycles. The third-order valence-electron chi connectivity index (χ3n) is 4.32. The highest BCUT2D eigenvalue weighted by Crippen LogP contribution is 2.30. The van der Waals surface area contributed by atoms with E-state index in [0.29, 0.717) is 11.1 Å². The molecule has 3 rings (SSSR count). The van der Waals surface area contributed by atoms with Crippen molar-refractivity contribution in [1.29, 1.82) is 0 Å². The first-order chi connectivity index (χ1) is 13.7. The summed E-state index contributed by atoms with van der Waals surface area (Å²) in [6.45, 7) is 0.130. The van der Waals surface area contributed by atoms with Gasteiger partial charge in [0.1, 0.15) is 4.90 Å². The second kappa shape index (κ2) is 8.71. The number of sulfonamides is 1. The zero-order chi connectivity index (χ0) is 21.2. The van der Waals surface area contributed by atoms with Crippen molar-refractivity contribution in [3.8, 4) is 0 Å². The third-order valence-corrected chi connectivity index (χ3v) is 6.62. The van der Waals surface area contributed by atoms with Gasteiger partial charge in [-0.2, -0.15) is 0 Å². The van der Waals surface area contributed by atoms with Crippen LogP contribution < -0.4 is 15.4 Å². The van der Waals surface area contributed by atoms with Crippen LogP contribution in [0.25, 0.3) is 0 Å². The lowest BCUT2D eigenvalue weighted by Gasteiger charge is -2.12. The van der Waals surface area contributed by atoms with Crippen molar-refractivity contribution in [2.45, 2.75) is 30.3 Å². The minimum absolute atomic E-state index is 0.00491. The zero-order valence-electron chi connectivity index (χ0n) is 15.5. The largest absolute Gasteiger partial charge is 0.355 e. The van der Waals surface area contributed by atoms with Crippen LogP contribution in [0.5, 0.6) is 0 Å². The molecule has 1 aliphatic carbocycles. The Kier molecular flexibility index (Phi) is 6.48. The van der Waals surface area contributed by atoms with Gasteiger partial charge >= 0.3 is 0 Å². The van der Waals surface area contributed by atoms with Crippen molar-refractivity contribution in [1.82, 2.24) is 15.4 Å². The summed E-state index contributed by atoms with van der Waals surface area (Å²) in [6.07, 6.45) is 1.54. The molecule has 0 heterocycles. The molecule has 2 aromatic carbocycles. The quantitative estimate of drug-likeness (QED) is 0.596. The summed E-state index contributed by atoms with van der Waals surface area (Å²) in [5, 5.41) is 5.19. The SMILES string of the molecule is CNC(=O)c1cccc(CNC(=O)c2cc(S(=O)(=O)NC3CC3)c(Cl)cc2Cl)c1. The highest BCUT2D eigenvalue weighted by atomic mass is 35.5. The van der Waals surface area contributed by atoms with E-state index in [1.165, 1.54) is 19.2 Å². The van der Waals surface area contributed by atoms with Gasteiger partial charge in [-0.15, -0.1) is 0 Å². The topological polar surface area (TPSA) is 104 Å². The number of halogens is 2. The molecule has 1 fully saturated rings. The summed E-state index contributed by atoms with van der Waals surface area (Å²) in [7, 11) is -2.32. The normalized spacial score (nSPS) is 13.8. The lowest BCUT2D eigenvalue weighted by Crippen LogP contribution is -2.27. The zero-order valence-corrected chi connectivity index (χ0v) is 17.8. The summed E-state index contributed by atoms with van der Waals surface area (Å²) in [6, 6.07) is 9.08. The fraction of sp³-hybridized carbons (Fsp3) is 0.263. The molecule has 0 aliphatic heterocycles. The minimum Gasteiger partial charge on any atom is -0.355 e. The first kappa shape index (κ1) is 21.6. The van der Waals surface area contributed by atoms with Crippen LogP contribution >= 0.6 is 23.2 Å². The molecular formula is C19H19Cl2N3O4S. The lowest BCUT2D eigenvalue weighted by atomic mass is 10.1. The van der Waals surface area contributed by atoms with Crippen molar-refractivity contribution < 1.29 is 18.0 Å². The van der Waals surface area contributed by atoms with Crippen molar-refractivity contribution in [3.05, 3.63) is 63.1 Å². The second-order valence-electron chi connectivity index (χ2n) is 6.62. The number of nitrogens with one attached hydrogen (secondary N) is 3. The van der Waals surface area contributed by atoms with Crippen molar-refractivity contribution in [2.75, 3.05) is 7.05 Å². The number of amides is 2. The van der Waals surface area contributed by atoms with Gasteiger partial charge in [0.25, 0.3) is 11.8 Å². The summed E-state index contributed by atoms with van der Waals surface area (Å²) in [5.74, 6) is -0.795. The van der Waals surface area contributed by atoms with Crippen LogP contribution in [0.15, 0.2) is 41.3 Å². The standard InChI is InChI=1S/C19H19Cl2N3O4S/c1-22-18(25)12-4-2-3-11(7-12)10-23-19(26)14-8-17(16(21)9-15(14)20)29(27,28)24-13-5-6-13/h2-4,7-9,13,24H,5-6,10H2,1H3,(H,22,25)(H,23,26). The molecule has 0 spiro atoms. The Bertz CT molecular complexity index is 1070. The van der Waals surface area contributed by atoms with Crippen LogP contribution in [-0.2, 0) is 16.6 Å². The highest BCUT2D eigenvalue weighted by Gasteiger charge is 2.30. The minimum atomic E-state index is -3.85. The molecule has 0 bridgehead atoms. The van der Waals surface area contributed by atoms with E-state index in [2.05, 4.69) is 15.4 Å². The van der Waals surface area contributed by atoms with Gasteiger partial charge in [0.2, 0.25) is 10.0 Å². The fourth-order valence-corrected chi connectivity index (χ4v) is 4.80. The Morgan fingerprint density at radius 3 is 2.45 bits per heavy atom. The van der Waals surface area contributed by atoms with Crippen LogP contribution in [-0.4, -0.2) is 33.3 Å². The first-order valence-corrected chi connectivity index (χ1v) is 11.1. The van der Waals surface area contributed by atoms with Crippen LogP contribution in [0.1, 0.15) is 39.1 Å². The van der Waals surface area contributed by atoms with E-state index in [4.69, 9.17) is 23.2 Å². The summed E-state index contributed by atoms with van der Waals surface area (Å²) in [4.78, 5) is 24.1. The van der Waals surface area contributed by atoms with Gasteiger partial charge in [0.05, 0.1) is 15.6 Å². The Balaban J connectivity index is 1.79. The van der Waals surface area contributed by atoms with Crippen molar-refractivity contribution in [2.24, 2.45) is 0 Å². The molecule has 154 valence electrons. The Morgan fingerprint density at radius 1 is 1.07 bits per heavy atom. The Morgan fingerprint density at radius 2 is 1.79 bits per heavy atom. The number of carbonyl (C=O) groups is 2. The van der Waals surface area contributed by atoms with Crippen LogP contribution in [0.3, 0.4) is 0 Å². The van der Waals surface area contributed by atoms with E-state index >= 15 is 0 Å². The molecule has 1 saturated carbocycles. The third kappa shape index (κ3) is 5.27. The predicted octanol–water partition coefficient (Wildman–Crippen LogP) is 2.72. The average molecular weight is 456 g/mol. The van der Waals surface area contributed by atoms with Gasteiger partial charge in [-0.25, -0.2) is 13.1 Å². The average Bonchev–Trinajstić information content (AvgIpc) is 3.48. The number of rotatable bonds is 7. The number of benzene rings is 2. The van der Waals surface area contributed by atoms with Gasteiger partial charge in [-0.3, -0.25) is 9.59 Å². The van der Waals surface area contributed by atoms with Crippen LogP contribution in [0.2, 0.25) is 10.0 Å². The molecule has 3 N–H and O–H groups in total. The summed E-state index contributed by atoms with van der Waals surface area (Å²) in [5.41, 5.74) is 1.16. The monoisotopic (exact) mass is 455 g/mol. The maximum Gasteiger partial charge on any atom is 0.253 e. The van der Waals surface area contributed by atoms with E-state index < -0.39 is 15.9 Å². The molecular weight excluding hydrogens is 437 g/mol. The second-order valence-corrected chi connectivity index (χ2v) is 9.12.